The standard InChI is InChI=1S/C19H25NO8/c1-12(21)20-13-3-5-14(6-4-13)27-18-10-7-15(22)19(2,28-18)11-26-17(25)9-8-16(23)24/h3-6,15,18,22H,7-11H2,1-2H3,(H,20,21)(H,23,24). The molecular formula is C19H25NO8. The molecule has 0 radical (unpaired) electrons. The lowest BCUT2D eigenvalue weighted by atomic mass is 9.92. The number of rotatable bonds is 8. The maximum absolute atomic E-state index is 11.6. The summed E-state index contributed by atoms with van der Waals surface area (Å²) in [6, 6.07) is 6.75. The molecule has 1 saturated heterocycles. The molecule has 9 nitrogen and oxygen atoms in total. The zero-order valence-electron chi connectivity index (χ0n) is 15.8. The van der Waals surface area contributed by atoms with Crippen LogP contribution in [0.25, 0.3) is 0 Å². The van der Waals surface area contributed by atoms with Crippen molar-refractivity contribution in [1.82, 2.24) is 0 Å². The number of nitrogens with one attached hydrogen (secondary N) is 1. The second-order valence-corrected chi connectivity index (χ2v) is 6.83. The van der Waals surface area contributed by atoms with E-state index in [0.29, 0.717) is 24.3 Å². The molecule has 1 amide bonds. The summed E-state index contributed by atoms with van der Waals surface area (Å²) in [4.78, 5) is 33.2. The van der Waals surface area contributed by atoms with Crippen LogP contribution in [0, 0.1) is 0 Å². The van der Waals surface area contributed by atoms with Gasteiger partial charge in [0.25, 0.3) is 0 Å². The Morgan fingerprint density at radius 2 is 1.89 bits per heavy atom. The van der Waals surface area contributed by atoms with Crippen LogP contribution >= 0.6 is 0 Å². The molecule has 2 rings (SSSR count). The van der Waals surface area contributed by atoms with Gasteiger partial charge in [0.1, 0.15) is 18.0 Å². The number of carboxylic acid groups (broad SMARTS) is 1. The summed E-state index contributed by atoms with van der Waals surface area (Å²) in [7, 11) is 0. The Kier molecular flexibility index (Phi) is 7.36. The minimum atomic E-state index is -1.17. The Bertz CT molecular complexity index is 704. The fourth-order valence-electron chi connectivity index (χ4n) is 2.73. The van der Waals surface area contributed by atoms with E-state index >= 15 is 0 Å². The van der Waals surface area contributed by atoms with E-state index in [1.54, 1.807) is 31.2 Å². The molecule has 3 N–H and O–H groups in total. The molecule has 0 bridgehead atoms. The van der Waals surface area contributed by atoms with E-state index in [2.05, 4.69) is 5.32 Å². The van der Waals surface area contributed by atoms with Crippen molar-refractivity contribution in [3.05, 3.63) is 24.3 Å². The van der Waals surface area contributed by atoms with Gasteiger partial charge in [-0.05, 0) is 37.6 Å². The number of aliphatic hydroxyl groups excluding tert-OH is 1. The Hall–Kier alpha value is -2.65. The molecule has 0 saturated carbocycles. The Morgan fingerprint density at radius 3 is 2.50 bits per heavy atom. The minimum absolute atomic E-state index is 0.174. The van der Waals surface area contributed by atoms with E-state index in [1.807, 2.05) is 0 Å². The van der Waals surface area contributed by atoms with Gasteiger partial charge in [-0.15, -0.1) is 0 Å². The summed E-state index contributed by atoms with van der Waals surface area (Å²) in [5.74, 6) is -1.41. The molecule has 0 aliphatic carbocycles. The van der Waals surface area contributed by atoms with Gasteiger partial charge in [-0.3, -0.25) is 14.4 Å². The highest BCUT2D eigenvalue weighted by atomic mass is 16.7. The zero-order chi connectivity index (χ0) is 20.7. The number of hydrogen-bond acceptors (Lipinski definition) is 7. The molecular weight excluding hydrogens is 370 g/mol. The first kappa shape index (κ1) is 21.6. The van der Waals surface area contributed by atoms with Crippen molar-refractivity contribution in [2.75, 3.05) is 11.9 Å². The van der Waals surface area contributed by atoms with Crippen LogP contribution in [-0.2, 0) is 23.9 Å². The summed E-state index contributed by atoms with van der Waals surface area (Å²) >= 11 is 0. The monoisotopic (exact) mass is 395 g/mol. The van der Waals surface area contributed by atoms with Crippen molar-refractivity contribution >= 4 is 23.5 Å². The number of esters is 1. The average Bonchev–Trinajstić information content (AvgIpc) is 2.63. The van der Waals surface area contributed by atoms with Crippen LogP contribution in [0.3, 0.4) is 0 Å². The van der Waals surface area contributed by atoms with Crippen LogP contribution in [0.1, 0.15) is 39.5 Å². The van der Waals surface area contributed by atoms with Gasteiger partial charge in [-0.25, -0.2) is 0 Å². The van der Waals surface area contributed by atoms with E-state index in [0.717, 1.165) is 0 Å². The lowest BCUT2D eigenvalue weighted by Gasteiger charge is -2.41. The Morgan fingerprint density at radius 1 is 1.21 bits per heavy atom. The molecule has 1 heterocycles. The normalized spacial score (nSPS) is 24.2. The molecule has 154 valence electrons. The molecule has 1 fully saturated rings. The maximum atomic E-state index is 11.6. The number of anilines is 1. The third kappa shape index (κ3) is 6.50. The summed E-state index contributed by atoms with van der Waals surface area (Å²) in [5.41, 5.74) is -0.532. The van der Waals surface area contributed by atoms with Crippen molar-refractivity contribution in [2.24, 2.45) is 0 Å². The predicted molar refractivity (Wildman–Crippen MR) is 97.7 cm³/mol. The molecule has 1 aliphatic rings. The zero-order valence-corrected chi connectivity index (χ0v) is 15.8. The predicted octanol–water partition coefficient (Wildman–Crippen LogP) is 1.69. The highest BCUT2D eigenvalue weighted by molar-refractivity contribution is 5.88. The molecule has 1 aromatic carbocycles. The highest BCUT2D eigenvalue weighted by Crippen LogP contribution is 2.31. The third-order valence-electron chi connectivity index (χ3n) is 4.29. The summed E-state index contributed by atoms with van der Waals surface area (Å²) < 4.78 is 16.7. The quantitative estimate of drug-likeness (QED) is 0.567. The number of hydrogen-bond donors (Lipinski definition) is 3. The van der Waals surface area contributed by atoms with Gasteiger partial charge >= 0.3 is 11.9 Å². The van der Waals surface area contributed by atoms with E-state index in [9.17, 15) is 19.5 Å². The van der Waals surface area contributed by atoms with Crippen molar-refractivity contribution in [3.8, 4) is 5.75 Å². The number of carboxylic acids is 1. The van der Waals surface area contributed by atoms with Gasteiger partial charge in [0.2, 0.25) is 12.2 Å². The second kappa shape index (κ2) is 9.52. The van der Waals surface area contributed by atoms with Crippen molar-refractivity contribution in [2.45, 2.75) is 57.5 Å². The van der Waals surface area contributed by atoms with E-state index in [4.69, 9.17) is 19.3 Å². The first-order chi connectivity index (χ1) is 13.2. The van der Waals surface area contributed by atoms with Crippen molar-refractivity contribution in [1.29, 1.82) is 0 Å². The molecule has 1 aromatic rings. The van der Waals surface area contributed by atoms with E-state index < -0.39 is 29.9 Å². The lowest BCUT2D eigenvalue weighted by molar-refractivity contribution is -0.249. The summed E-state index contributed by atoms with van der Waals surface area (Å²) in [6.07, 6.45) is -1.25. The van der Waals surface area contributed by atoms with Gasteiger partial charge < -0.3 is 29.7 Å². The van der Waals surface area contributed by atoms with Crippen molar-refractivity contribution in [3.63, 3.8) is 0 Å². The number of ether oxygens (including phenoxy) is 3. The molecule has 1 aliphatic heterocycles. The fourth-order valence-corrected chi connectivity index (χ4v) is 2.73. The molecule has 9 heteroatoms. The lowest BCUT2D eigenvalue weighted by Crippen LogP contribution is -2.53. The van der Waals surface area contributed by atoms with Crippen LogP contribution in [0.5, 0.6) is 5.75 Å². The number of aliphatic carboxylic acids is 1. The van der Waals surface area contributed by atoms with Gasteiger partial charge in [-0.2, -0.15) is 0 Å². The molecule has 3 atom stereocenters. The largest absolute Gasteiger partial charge is 0.481 e. The van der Waals surface area contributed by atoms with Gasteiger partial charge in [0.05, 0.1) is 18.9 Å². The van der Waals surface area contributed by atoms with Crippen LogP contribution < -0.4 is 10.1 Å². The Balaban J connectivity index is 1.90. The van der Waals surface area contributed by atoms with Crippen LogP contribution in [0.2, 0.25) is 0 Å². The number of benzene rings is 1. The smallest absolute Gasteiger partial charge is 0.306 e. The Labute approximate surface area is 162 Å². The van der Waals surface area contributed by atoms with E-state index in [-0.39, 0.29) is 25.4 Å². The maximum Gasteiger partial charge on any atom is 0.306 e. The number of aliphatic hydroxyl groups is 1. The first-order valence-electron chi connectivity index (χ1n) is 8.95. The average molecular weight is 395 g/mol. The number of carbonyl (C=O) groups is 3. The first-order valence-corrected chi connectivity index (χ1v) is 8.95. The highest BCUT2D eigenvalue weighted by Gasteiger charge is 2.42. The SMILES string of the molecule is CC(=O)Nc1ccc(OC2CCC(O)C(C)(COC(=O)CCC(=O)O)O2)cc1. The van der Waals surface area contributed by atoms with Crippen molar-refractivity contribution < 1.29 is 38.8 Å². The number of amides is 1. The van der Waals surface area contributed by atoms with Crippen LogP contribution in [-0.4, -0.2) is 52.7 Å². The van der Waals surface area contributed by atoms with Gasteiger partial charge in [0.15, 0.2) is 0 Å². The van der Waals surface area contributed by atoms with Crippen LogP contribution in [0.15, 0.2) is 24.3 Å². The van der Waals surface area contributed by atoms with E-state index in [1.165, 1.54) is 6.92 Å². The van der Waals surface area contributed by atoms with Crippen LogP contribution in [0.4, 0.5) is 5.69 Å². The summed E-state index contributed by atoms with van der Waals surface area (Å²) in [6.45, 7) is 2.81. The number of carbonyl (C=O) groups excluding carboxylic acids is 2. The van der Waals surface area contributed by atoms with Gasteiger partial charge in [-0.1, -0.05) is 0 Å². The second-order valence-electron chi connectivity index (χ2n) is 6.83. The topological polar surface area (TPSA) is 131 Å². The summed E-state index contributed by atoms with van der Waals surface area (Å²) in [5, 5.41) is 21.5. The molecule has 0 spiro atoms. The molecule has 0 aromatic heterocycles. The minimum Gasteiger partial charge on any atom is -0.481 e. The van der Waals surface area contributed by atoms with Gasteiger partial charge in [0, 0.05) is 19.0 Å². The molecule has 28 heavy (non-hydrogen) atoms. The fraction of sp³-hybridized carbons (Fsp3) is 0.526. The molecule has 3 unspecified atom stereocenters. The third-order valence-corrected chi connectivity index (χ3v) is 4.29.